The average Bonchev–Trinajstić information content (AvgIpc) is 2.60. The van der Waals surface area contributed by atoms with Crippen molar-refractivity contribution < 1.29 is 9.53 Å². The van der Waals surface area contributed by atoms with Crippen molar-refractivity contribution in [1.29, 1.82) is 0 Å². The van der Waals surface area contributed by atoms with Gasteiger partial charge in [-0.2, -0.15) is 0 Å². The Hall–Kier alpha value is -0.790. The van der Waals surface area contributed by atoms with Crippen molar-refractivity contribution in [3.8, 4) is 0 Å². The summed E-state index contributed by atoms with van der Waals surface area (Å²) >= 11 is 0. The minimum absolute atomic E-state index is 0.146. The maximum Gasteiger partial charge on any atom is 0.293 e. The predicted molar refractivity (Wildman–Crippen MR) is 50.0 cm³/mol. The number of carbonyl (C=O) groups is 1. The first-order valence-corrected chi connectivity index (χ1v) is 5.07. The summed E-state index contributed by atoms with van der Waals surface area (Å²) in [5, 5.41) is 0. The highest BCUT2D eigenvalue weighted by Gasteiger charge is 2.49. The van der Waals surface area contributed by atoms with Crippen molar-refractivity contribution in [2.75, 3.05) is 0 Å². The molecule has 0 N–H and O–H groups in total. The van der Waals surface area contributed by atoms with Gasteiger partial charge in [-0.15, -0.1) is 0 Å². The first-order valence-electron chi connectivity index (χ1n) is 5.07. The van der Waals surface area contributed by atoms with Crippen LogP contribution in [0.3, 0.4) is 0 Å². The molecular formula is C11H16O2. The topological polar surface area (TPSA) is 26.3 Å². The Kier molecular flexibility index (Phi) is 2.14. The Morgan fingerprint density at radius 3 is 2.69 bits per heavy atom. The van der Waals surface area contributed by atoms with Gasteiger partial charge in [0.05, 0.1) is 0 Å². The van der Waals surface area contributed by atoms with E-state index in [2.05, 4.69) is 26.0 Å². The summed E-state index contributed by atoms with van der Waals surface area (Å²) in [6.45, 7) is 5.04. The molecule has 2 heteroatoms. The summed E-state index contributed by atoms with van der Waals surface area (Å²) in [5.74, 6) is 2.32. The third-order valence-corrected chi connectivity index (χ3v) is 3.75. The van der Waals surface area contributed by atoms with Gasteiger partial charge in [0, 0.05) is 11.8 Å². The molecule has 72 valence electrons. The standard InChI is InChI=1S/C11H16O2/c1-3-8-9-4-5-10(7(9)2)11(8)13-6-12/h4-11H,3H2,1-2H3. The molecule has 5 unspecified atom stereocenters. The molecule has 0 amide bonds. The van der Waals surface area contributed by atoms with Crippen molar-refractivity contribution in [3.05, 3.63) is 12.2 Å². The number of ether oxygens (including phenoxy) is 1. The smallest absolute Gasteiger partial charge is 0.293 e. The first kappa shape index (κ1) is 8.79. The molecule has 0 heterocycles. The maximum atomic E-state index is 10.4. The highest BCUT2D eigenvalue weighted by atomic mass is 16.5. The summed E-state index contributed by atoms with van der Waals surface area (Å²) in [6, 6.07) is 0. The van der Waals surface area contributed by atoms with E-state index >= 15 is 0 Å². The minimum atomic E-state index is 0.146. The maximum absolute atomic E-state index is 10.4. The average molecular weight is 180 g/mol. The second kappa shape index (κ2) is 3.17. The van der Waals surface area contributed by atoms with Gasteiger partial charge in [-0.1, -0.05) is 26.0 Å². The fraction of sp³-hybridized carbons (Fsp3) is 0.727. The molecule has 0 spiro atoms. The van der Waals surface area contributed by atoms with Crippen LogP contribution in [0.4, 0.5) is 0 Å². The lowest BCUT2D eigenvalue weighted by Gasteiger charge is -2.24. The van der Waals surface area contributed by atoms with Crippen LogP contribution < -0.4 is 0 Å². The first-order chi connectivity index (χ1) is 6.29. The molecule has 0 saturated heterocycles. The summed E-state index contributed by atoms with van der Waals surface area (Å²) in [5.41, 5.74) is 0. The van der Waals surface area contributed by atoms with Gasteiger partial charge in [0.25, 0.3) is 6.47 Å². The third kappa shape index (κ3) is 1.11. The van der Waals surface area contributed by atoms with E-state index in [0.29, 0.717) is 30.1 Å². The molecule has 2 bridgehead atoms. The molecular weight excluding hydrogens is 164 g/mol. The number of allylic oxidation sites excluding steroid dienone is 1. The molecule has 2 aliphatic rings. The fourth-order valence-corrected chi connectivity index (χ4v) is 3.07. The van der Waals surface area contributed by atoms with Crippen LogP contribution in [0.15, 0.2) is 12.2 Å². The lowest BCUT2D eigenvalue weighted by Crippen LogP contribution is -2.27. The zero-order chi connectivity index (χ0) is 9.42. The molecule has 0 aromatic heterocycles. The van der Waals surface area contributed by atoms with E-state index in [1.165, 1.54) is 0 Å². The van der Waals surface area contributed by atoms with E-state index in [1.807, 2.05) is 0 Å². The highest BCUT2D eigenvalue weighted by Crippen LogP contribution is 2.50. The Balaban J connectivity index is 2.18. The van der Waals surface area contributed by atoms with Crippen molar-refractivity contribution >= 4 is 6.47 Å². The predicted octanol–water partition coefficient (Wildman–Crippen LogP) is 2.01. The van der Waals surface area contributed by atoms with E-state index in [4.69, 9.17) is 4.74 Å². The van der Waals surface area contributed by atoms with Crippen LogP contribution in [0.25, 0.3) is 0 Å². The lowest BCUT2D eigenvalue weighted by molar-refractivity contribution is -0.137. The molecule has 13 heavy (non-hydrogen) atoms. The minimum Gasteiger partial charge on any atom is -0.464 e. The second-order valence-corrected chi connectivity index (χ2v) is 4.17. The molecule has 2 aliphatic carbocycles. The molecule has 0 aromatic rings. The van der Waals surface area contributed by atoms with Gasteiger partial charge in [-0.05, 0) is 18.3 Å². The van der Waals surface area contributed by atoms with Gasteiger partial charge in [0.1, 0.15) is 6.10 Å². The number of carbonyl (C=O) groups excluding carboxylic acids is 1. The summed E-state index contributed by atoms with van der Waals surface area (Å²) < 4.78 is 5.18. The van der Waals surface area contributed by atoms with Crippen LogP contribution >= 0.6 is 0 Å². The molecule has 0 aliphatic heterocycles. The molecule has 0 radical (unpaired) electrons. The third-order valence-electron chi connectivity index (χ3n) is 3.75. The monoisotopic (exact) mass is 180 g/mol. The normalized spacial score (nSPS) is 46.8. The molecule has 0 aromatic carbocycles. The van der Waals surface area contributed by atoms with E-state index in [9.17, 15) is 4.79 Å². The van der Waals surface area contributed by atoms with E-state index in [-0.39, 0.29) is 6.10 Å². The van der Waals surface area contributed by atoms with Crippen molar-refractivity contribution in [1.82, 2.24) is 0 Å². The molecule has 5 atom stereocenters. The van der Waals surface area contributed by atoms with Crippen LogP contribution in [0, 0.1) is 23.7 Å². The van der Waals surface area contributed by atoms with Crippen LogP contribution in [0.2, 0.25) is 0 Å². The summed E-state index contributed by atoms with van der Waals surface area (Å²) in [4.78, 5) is 10.4. The summed E-state index contributed by atoms with van der Waals surface area (Å²) in [6.07, 6.45) is 5.77. The number of hydrogen-bond donors (Lipinski definition) is 0. The van der Waals surface area contributed by atoms with Crippen LogP contribution in [0.5, 0.6) is 0 Å². The second-order valence-electron chi connectivity index (χ2n) is 4.17. The largest absolute Gasteiger partial charge is 0.464 e. The van der Waals surface area contributed by atoms with Gasteiger partial charge in [0.15, 0.2) is 0 Å². The highest BCUT2D eigenvalue weighted by molar-refractivity contribution is 5.38. The van der Waals surface area contributed by atoms with Gasteiger partial charge in [-0.3, -0.25) is 4.79 Å². The molecule has 2 nitrogen and oxygen atoms in total. The van der Waals surface area contributed by atoms with Gasteiger partial charge < -0.3 is 4.74 Å². The van der Waals surface area contributed by atoms with Gasteiger partial charge in [-0.25, -0.2) is 0 Å². The summed E-state index contributed by atoms with van der Waals surface area (Å²) in [7, 11) is 0. The van der Waals surface area contributed by atoms with E-state index in [0.717, 1.165) is 6.42 Å². The van der Waals surface area contributed by atoms with Crippen molar-refractivity contribution in [2.45, 2.75) is 26.4 Å². The van der Waals surface area contributed by atoms with E-state index in [1.54, 1.807) is 0 Å². The molecule has 1 saturated carbocycles. The number of hydrogen-bond acceptors (Lipinski definition) is 2. The Morgan fingerprint density at radius 2 is 2.08 bits per heavy atom. The molecule has 1 fully saturated rings. The van der Waals surface area contributed by atoms with Crippen molar-refractivity contribution in [2.24, 2.45) is 23.7 Å². The van der Waals surface area contributed by atoms with Gasteiger partial charge >= 0.3 is 0 Å². The Morgan fingerprint density at radius 1 is 1.38 bits per heavy atom. The van der Waals surface area contributed by atoms with E-state index < -0.39 is 0 Å². The van der Waals surface area contributed by atoms with Crippen molar-refractivity contribution in [3.63, 3.8) is 0 Å². The SMILES string of the molecule is CCC1C2C=CC(C2C)C1OC=O. The fourth-order valence-electron chi connectivity index (χ4n) is 3.07. The Bertz CT molecular complexity index is 234. The van der Waals surface area contributed by atoms with Crippen LogP contribution in [-0.2, 0) is 9.53 Å². The zero-order valence-corrected chi connectivity index (χ0v) is 8.14. The number of rotatable bonds is 3. The lowest BCUT2D eigenvalue weighted by atomic mass is 9.88. The van der Waals surface area contributed by atoms with Crippen LogP contribution in [-0.4, -0.2) is 12.6 Å². The zero-order valence-electron chi connectivity index (χ0n) is 8.14. The number of fused-ring (bicyclic) bond motifs is 2. The quantitative estimate of drug-likeness (QED) is 0.490. The van der Waals surface area contributed by atoms with Crippen LogP contribution in [0.1, 0.15) is 20.3 Å². The Labute approximate surface area is 79.0 Å². The van der Waals surface area contributed by atoms with Gasteiger partial charge in [0.2, 0.25) is 0 Å². The molecule has 2 rings (SSSR count).